The molecule has 2 fully saturated rings. The molecule has 0 radical (unpaired) electrons. The third-order valence-corrected chi connectivity index (χ3v) is 9.25. The molecule has 5 rings (SSSR count). The molecule has 1 aromatic heterocycles. The smallest absolute Gasteiger partial charge is 0.314 e. The van der Waals surface area contributed by atoms with Gasteiger partial charge in [-0.3, -0.25) is 9.59 Å². The topological polar surface area (TPSA) is 84.0 Å². The van der Waals surface area contributed by atoms with E-state index in [0.717, 1.165) is 71.2 Å². The number of hydrogen-bond donors (Lipinski definition) is 0. The van der Waals surface area contributed by atoms with E-state index in [1.165, 1.54) is 11.3 Å². The fourth-order valence-corrected chi connectivity index (χ4v) is 6.87. The number of benzene rings is 2. The van der Waals surface area contributed by atoms with Crippen LogP contribution in [0, 0.1) is 19.8 Å². The Morgan fingerprint density at radius 1 is 0.923 bits per heavy atom. The molecule has 0 aliphatic heterocycles. The van der Waals surface area contributed by atoms with Gasteiger partial charge in [0.2, 0.25) is 0 Å². The highest BCUT2D eigenvalue weighted by Gasteiger charge is 2.38. The number of methoxy groups -OCH3 is 2. The zero-order valence-electron chi connectivity index (χ0n) is 23.2. The second-order valence-corrected chi connectivity index (χ2v) is 12.0. The number of nitrogens with zero attached hydrogens (tertiary/aromatic N) is 1. The lowest BCUT2D eigenvalue weighted by molar-refractivity contribution is -0.140. The summed E-state index contributed by atoms with van der Waals surface area (Å²) in [7, 11) is 3.43. The number of hydrogen-bond acceptors (Lipinski definition) is 8. The minimum absolute atomic E-state index is 0.137. The van der Waals surface area contributed by atoms with Gasteiger partial charge < -0.3 is 18.9 Å². The van der Waals surface area contributed by atoms with Crippen molar-refractivity contribution in [1.29, 1.82) is 0 Å². The van der Waals surface area contributed by atoms with E-state index in [9.17, 15) is 9.59 Å². The maximum atomic E-state index is 13.2. The summed E-state index contributed by atoms with van der Waals surface area (Å²) >= 11 is 1.48. The number of carbonyl (C=O) groups excluding carboxylic acids is 2. The highest BCUT2D eigenvalue weighted by molar-refractivity contribution is 7.22. The van der Waals surface area contributed by atoms with Crippen LogP contribution in [0.2, 0.25) is 0 Å². The third-order valence-electron chi connectivity index (χ3n) is 8.13. The highest BCUT2D eigenvalue weighted by Crippen LogP contribution is 2.43. The summed E-state index contributed by atoms with van der Waals surface area (Å²) in [5.74, 6) is 0.638. The maximum Gasteiger partial charge on any atom is 0.314 e. The molecule has 3 aromatic rings. The molecule has 2 aliphatic rings. The molecule has 0 N–H and O–H groups in total. The fraction of sp³-hybridized carbons (Fsp3) is 0.516. The first-order chi connectivity index (χ1) is 18.8. The molecular weight excluding hydrogens is 514 g/mol. The molecule has 208 valence electrons. The fourth-order valence-electron chi connectivity index (χ4n) is 5.85. The van der Waals surface area contributed by atoms with Gasteiger partial charge in [-0.05, 0) is 89.5 Å². The van der Waals surface area contributed by atoms with Gasteiger partial charge in [-0.15, -0.1) is 11.3 Å². The Balaban J connectivity index is 1.49. The number of carbonyl (C=O) groups is 2. The number of aldehydes is 1. The van der Waals surface area contributed by atoms with Gasteiger partial charge in [-0.25, -0.2) is 4.98 Å². The zero-order chi connectivity index (χ0) is 27.6. The van der Waals surface area contributed by atoms with Crippen molar-refractivity contribution in [3.8, 4) is 22.1 Å². The average molecular weight is 552 g/mol. The van der Waals surface area contributed by atoms with E-state index >= 15 is 0 Å². The number of aryl methyl sites for hydroxylation is 2. The molecule has 0 atom stereocenters. The van der Waals surface area contributed by atoms with Crippen LogP contribution in [0.25, 0.3) is 20.8 Å². The average Bonchev–Trinajstić information content (AvgIpc) is 3.41. The van der Waals surface area contributed by atoms with Gasteiger partial charge in [0, 0.05) is 19.8 Å². The highest BCUT2D eigenvalue weighted by atomic mass is 32.1. The Morgan fingerprint density at radius 3 is 2.15 bits per heavy atom. The van der Waals surface area contributed by atoms with Crippen molar-refractivity contribution in [2.24, 2.45) is 5.92 Å². The van der Waals surface area contributed by atoms with E-state index in [1.807, 2.05) is 0 Å². The van der Waals surface area contributed by atoms with E-state index in [-0.39, 0.29) is 24.1 Å². The second-order valence-electron chi connectivity index (χ2n) is 11.0. The normalized spacial score (nSPS) is 25.4. The summed E-state index contributed by atoms with van der Waals surface area (Å²) in [6.07, 6.45) is 7.14. The van der Waals surface area contributed by atoms with Crippen LogP contribution in [0.4, 0.5) is 0 Å². The van der Waals surface area contributed by atoms with Gasteiger partial charge in [0.25, 0.3) is 0 Å². The van der Waals surface area contributed by atoms with Gasteiger partial charge in [-0.2, -0.15) is 0 Å². The Labute approximate surface area is 233 Å². The lowest BCUT2D eigenvalue weighted by atomic mass is 9.84. The molecule has 2 saturated carbocycles. The molecule has 2 aliphatic carbocycles. The molecular formula is C31H37NO6S. The van der Waals surface area contributed by atoms with Crippen molar-refractivity contribution < 1.29 is 28.5 Å². The van der Waals surface area contributed by atoms with Crippen molar-refractivity contribution in [2.75, 3.05) is 14.2 Å². The molecule has 1 heterocycles. The predicted octanol–water partition coefficient (Wildman–Crippen LogP) is 6.60. The molecule has 7 nitrogen and oxygen atoms in total. The summed E-state index contributed by atoms with van der Waals surface area (Å²) in [5.41, 5.74) is 2.98. The molecule has 0 amide bonds. The standard InChI is InChI=1S/C31H37NO6S/c1-19-15-20(2)17-22(16-19)29-32-27-25(38-31(18-33)13-11-24(36-4)12-14-31)9-10-26(28(27)39-29)37-30(34)21-5-7-23(35-3)8-6-21/h9-10,15-18,21,23-24H,5-8,11-14H2,1-4H3. The summed E-state index contributed by atoms with van der Waals surface area (Å²) < 4.78 is 24.2. The minimum Gasteiger partial charge on any atom is -0.477 e. The van der Waals surface area contributed by atoms with Gasteiger partial charge in [0.15, 0.2) is 17.6 Å². The van der Waals surface area contributed by atoms with Crippen molar-refractivity contribution in [3.63, 3.8) is 0 Å². The molecule has 0 saturated heterocycles. The van der Waals surface area contributed by atoms with Gasteiger partial charge in [0.05, 0.1) is 18.1 Å². The number of fused-ring (bicyclic) bond motifs is 1. The maximum absolute atomic E-state index is 13.2. The largest absolute Gasteiger partial charge is 0.477 e. The van der Waals surface area contributed by atoms with Gasteiger partial charge in [0.1, 0.15) is 21.0 Å². The number of esters is 1. The van der Waals surface area contributed by atoms with Crippen LogP contribution in [-0.4, -0.2) is 49.3 Å². The summed E-state index contributed by atoms with van der Waals surface area (Å²) in [4.78, 5) is 30.4. The Kier molecular flexibility index (Phi) is 8.35. The summed E-state index contributed by atoms with van der Waals surface area (Å²) in [6.45, 7) is 4.13. The van der Waals surface area contributed by atoms with Crippen LogP contribution in [0.5, 0.6) is 11.5 Å². The lowest BCUT2D eigenvalue weighted by Crippen LogP contribution is -2.43. The molecule has 0 unspecified atom stereocenters. The minimum atomic E-state index is -0.927. The van der Waals surface area contributed by atoms with Crippen LogP contribution in [0.3, 0.4) is 0 Å². The third kappa shape index (κ3) is 6.03. The van der Waals surface area contributed by atoms with E-state index < -0.39 is 5.60 Å². The van der Waals surface area contributed by atoms with Crippen LogP contribution in [0.15, 0.2) is 30.3 Å². The van der Waals surface area contributed by atoms with Crippen molar-refractivity contribution in [1.82, 2.24) is 4.98 Å². The first-order valence-corrected chi connectivity index (χ1v) is 14.6. The summed E-state index contributed by atoms with van der Waals surface area (Å²) in [6, 6.07) is 9.89. The van der Waals surface area contributed by atoms with E-state index in [2.05, 4.69) is 32.0 Å². The molecule has 0 spiro atoms. The molecule has 0 bridgehead atoms. The number of ether oxygens (including phenoxy) is 4. The summed E-state index contributed by atoms with van der Waals surface area (Å²) in [5, 5.41) is 0.814. The number of aromatic nitrogens is 1. The van der Waals surface area contributed by atoms with E-state index in [4.69, 9.17) is 23.9 Å². The van der Waals surface area contributed by atoms with Crippen molar-refractivity contribution in [2.45, 2.75) is 83.0 Å². The lowest BCUT2D eigenvalue weighted by Gasteiger charge is -2.35. The first-order valence-electron chi connectivity index (χ1n) is 13.8. The van der Waals surface area contributed by atoms with Gasteiger partial charge >= 0.3 is 5.97 Å². The molecule has 39 heavy (non-hydrogen) atoms. The van der Waals surface area contributed by atoms with E-state index in [1.54, 1.807) is 26.4 Å². The van der Waals surface area contributed by atoms with Crippen molar-refractivity contribution >= 4 is 33.8 Å². The van der Waals surface area contributed by atoms with Crippen LogP contribution in [0.1, 0.15) is 62.5 Å². The number of rotatable bonds is 8. The number of thiazole rings is 1. The zero-order valence-corrected chi connectivity index (χ0v) is 24.0. The monoisotopic (exact) mass is 551 g/mol. The van der Waals surface area contributed by atoms with Crippen LogP contribution in [-0.2, 0) is 19.1 Å². The van der Waals surface area contributed by atoms with Crippen molar-refractivity contribution in [3.05, 3.63) is 41.5 Å². The Hall–Kier alpha value is -2.81. The first kappa shape index (κ1) is 27.7. The van der Waals surface area contributed by atoms with Crippen LogP contribution < -0.4 is 9.47 Å². The SMILES string of the molecule is COC1CCC(C(=O)Oc2ccc(OC3(C=O)CCC(OC)CC3)c3nc(-c4cc(C)cc(C)c4)sc23)CC1. The molecule has 8 heteroatoms. The Morgan fingerprint density at radius 2 is 1.54 bits per heavy atom. The quantitative estimate of drug-likeness (QED) is 0.177. The van der Waals surface area contributed by atoms with Crippen LogP contribution >= 0.6 is 11.3 Å². The second kappa shape index (κ2) is 11.7. The van der Waals surface area contributed by atoms with E-state index in [0.29, 0.717) is 29.9 Å². The van der Waals surface area contributed by atoms with Gasteiger partial charge in [-0.1, -0.05) is 17.2 Å². The predicted molar refractivity (Wildman–Crippen MR) is 152 cm³/mol. The molecule has 2 aromatic carbocycles. The Bertz CT molecular complexity index is 1310.